The molecule has 0 aliphatic rings. The van der Waals surface area contributed by atoms with Crippen LogP contribution < -0.4 is 5.73 Å². The number of aromatic nitrogens is 2. The van der Waals surface area contributed by atoms with E-state index in [1.54, 1.807) is 12.1 Å². The fourth-order valence-corrected chi connectivity index (χ4v) is 2.45. The molecule has 0 fully saturated rings. The summed E-state index contributed by atoms with van der Waals surface area (Å²) in [4.78, 5) is 4.55. The number of anilines is 1. The van der Waals surface area contributed by atoms with Crippen LogP contribution >= 0.6 is 11.6 Å². The van der Waals surface area contributed by atoms with E-state index in [0.29, 0.717) is 22.1 Å². The maximum atomic E-state index is 14.1. The van der Waals surface area contributed by atoms with Crippen LogP contribution in [0.1, 0.15) is 45.5 Å². The third kappa shape index (κ3) is 2.52. The molecule has 1 aromatic heterocycles. The van der Waals surface area contributed by atoms with E-state index in [-0.39, 0.29) is 12.0 Å². The third-order valence-electron chi connectivity index (χ3n) is 3.19. The number of imidazole rings is 1. The Balaban J connectivity index is 2.66. The van der Waals surface area contributed by atoms with Gasteiger partial charge in [0, 0.05) is 22.5 Å². The molecule has 2 N–H and O–H groups in total. The number of rotatable bonds is 3. The van der Waals surface area contributed by atoms with Crippen molar-refractivity contribution in [3.05, 3.63) is 34.9 Å². The van der Waals surface area contributed by atoms with Gasteiger partial charge in [0.2, 0.25) is 0 Å². The standard InChI is InChI=1S/C15H19ClFN3/c1-8(2)15-19-13(14(18)20(15)9(3)4)11-6-5-10(16)7-12(11)17/h5-9H,18H2,1-4H3. The summed E-state index contributed by atoms with van der Waals surface area (Å²) in [7, 11) is 0. The molecule has 0 saturated carbocycles. The van der Waals surface area contributed by atoms with Crippen LogP contribution in [0.4, 0.5) is 10.2 Å². The SMILES string of the molecule is CC(C)c1nc(-c2ccc(Cl)cc2F)c(N)n1C(C)C. The number of nitrogen functional groups attached to an aromatic ring is 1. The van der Waals surface area contributed by atoms with Gasteiger partial charge in [0.15, 0.2) is 0 Å². The van der Waals surface area contributed by atoms with Gasteiger partial charge in [-0.2, -0.15) is 0 Å². The zero-order valence-corrected chi connectivity index (χ0v) is 12.9. The molecule has 2 rings (SSSR count). The zero-order valence-electron chi connectivity index (χ0n) is 12.1. The van der Waals surface area contributed by atoms with Gasteiger partial charge in [-0.25, -0.2) is 9.37 Å². The summed E-state index contributed by atoms with van der Waals surface area (Å²) in [6.07, 6.45) is 0. The first-order chi connectivity index (χ1) is 9.32. The van der Waals surface area contributed by atoms with Gasteiger partial charge in [-0.15, -0.1) is 0 Å². The van der Waals surface area contributed by atoms with E-state index in [2.05, 4.69) is 4.98 Å². The minimum atomic E-state index is -0.409. The quantitative estimate of drug-likeness (QED) is 0.897. The summed E-state index contributed by atoms with van der Waals surface area (Å²) in [6, 6.07) is 4.71. The maximum Gasteiger partial charge on any atom is 0.134 e. The molecule has 0 bridgehead atoms. The van der Waals surface area contributed by atoms with Crippen LogP contribution in [-0.2, 0) is 0 Å². The van der Waals surface area contributed by atoms with Crippen LogP contribution in [0.25, 0.3) is 11.3 Å². The molecule has 0 saturated heterocycles. The Morgan fingerprint density at radius 3 is 2.35 bits per heavy atom. The van der Waals surface area contributed by atoms with Crippen LogP contribution in [0.3, 0.4) is 0 Å². The van der Waals surface area contributed by atoms with Gasteiger partial charge in [-0.05, 0) is 32.0 Å². The van der Waals surface area contributed by atoms with Gasteiger partial charge >= 0.3 is 0 Å². The molecular formula is C15H19ClFN3. The van der Waals surface area contributed by atoms with Gasteiger partial charge in [-0.1, -0.05) is 25.4 Å². The lowest BCUT2D eigenvalue weighted by Crippen LogP contribution is -2.10. The lowest BCUT2D eigenvalue weighted by Gasteiger charge is -2.15. The second-order valence-corrected chi connectivity index (χ2v) is 5.88. The molecular weight excluding hydrogens is 277 g/mol. The lowest BCUT2D eigenvalue weighted by molar-refractivity contribution is 0.556. The molecule has 1 heterocycles. The summed E-state index contributed by atoms with van der Waals surface area (Å²) in [6.45, 7) is 8.16. The summed E-state index contributed by atoms with van der Waals surface area (Å²) in [5, 5.41) is 0.359. The smallest absolute Gasteiger partial charge is 0.134 e. The molecule has 1 aromatic carbocycles. The van der Waals surface area contributed by atoms with Crippen molar-refractivity contribution in [2.45, 2.75) is 39.7 Å². The molecule has 2 aromatic rings. The highest BCUT2D eigenvalue weighted by atomic mass is 35.5. The predicted molar refractivity (Wildman–Crippen MR) is 81.5 cm³/mol. The zero-order chi connectivity index (χ0) is 15.0. The normalized spacial score (nSPS) is 11.6. The topological polar surface area (TPSA) is 43.8 Å². The van der Waals surface area contributed by atoms with Crippen molar-refractivity contribution < 1.29 is 4.39 Å². The molecule has 0 atom stereocenters. The van der Waals surface area contributed by atoms with Crippen LogP contribution in [-0.4, -0.2) is 9.55 Å². The highest BCUT2D eigenvalue weighted by Crippen LogP contribution is 2.34. The molecule has 0 spiro atoms. The molecule has 0 radical (unpaired) electrons. The largest absolute Gasteiger partial charge is 0.383 e. The minimum absolute atomic E-state index is 0.170. The first-order valence-electron chi connectivity index (χ1n) is 6.66. The summed E-state index contributed by atoms with van der Waals surface area (Å²) >= 11 is 5.78. The third-order valence-corrected chi connectivity index (χ3v) is 3.43. The number of hydrogen-bond donors (Lipinski definition) is 1. The molecule has 0 aliphatic heterocycles. The van der Waals surface area contributed by atoms with Crippen molar-refractivity contribution in [1.29, 1.82) is 0 Å². The monoisotopic (exact) mass is 295 g/mol. The first kappa shape index (κ1) is 14.9. The van der Waals surface area contributed by atoms with E-state index in [4.69, 9.17) is 17.3 Å². The molecule has 0 unspecified atom stereocenters. The predicted octanol–water partition coefficient (Wildman–Crippen LogP) is 4.63. The summed E-state index contributed by atoms with van der Waals surface area (Å²) < 4.78 is 16.0. The van der Waals surface area contributed by atoms with Crippen LogP contribution in [0.2, 0.25) is 5.02 Å². The number of nitrogens with two attached hydrogens (primary N) is 1. The Morgan fingerprint density at radius 1 is 1.25 bits per heavy atom. The minimum Gasteiger partial charge on any atom is -0.383 e. The Labute approximate surface area is 123 Å². The van der Waals surface area contributed by atoms with Crippen LogP contribution in [0, 0.1) is 5.82 Å². The molecule has 3 nitrogen and oxygen atoms in total. The molecule has 0 amide bonds. The Kier molecular flexibility index (Phi) is 4.04. The lowest BCUT2D eigenvalue weighted by atomic mass is 10.1. The van der Waals surface area contributed by atoms with Crippen LogP contribution in [0.5, 0.6) is 0 Å². The van der Waals surface area contributed by atoms with E-state index >= 15 is 0 Å². The molecule has 0 aliphatic carbocycles. The summed E-state index contributed by atoms with van der Waals surface area (Å²) in [5.41, 5.74) is 7.05. The van der Waals surface area contributed by atoms with E-state index in [1.165, 1.54) is 6.07 Å². The fourth-order valence-electron chi connectivity index (χ4n) is 2.29. The highest BCUT2D eigenvalue weighted by Gasteiger charge is 2.21. The molecule has 20 heavy (non-hydrogen) atoms. The van der Waals surface area contributed by atoms with Crippen molar-refractivity contribution >= 4 is 17.4 Å². The van der Waals surface area contributed by atoms with Crippen molar-refractivity contribution in [2.24, 2.45) is 0 Å². The Bertz CT molecular complexity index is 632. The number of nitrogens with zero attached hydrogens (tertiary/aromatic N) is 2. The van der Waals surface area contributed by atoms with Gasteiger partial charge in [0.25, 0.3) is 0 Å². The number of hydrogen-bond acceptors (Lipinski definition) is 2. The first-order valence-corrected chi connectivity index (χ1v) is 7.03. The van der Waals surface area contributed by atoms with Crippen molar-refractivity contribution in [2.75, 3.05) is 5.73 Å². The van der Waals surface area contributed by atoms with Gasteiger partial charge < -0.3 is 10.3 Å². The molecule has 108 valence electrons. The Morgan fingerprint density at radius 2 is 1.90 bits per heavy atom. The average Bonchev–Trinajstić information content (AvgIpc) is 2.67. The second-order valence-electron chi connectivity index (χ2n) is 5.45. The maximum absolute atomic E-state index is 14.1. The van der Waals surface area contributed by atoms with Crippen molar-refractivity contribution in [3.8, 4) is 11.3 Å². The van der Waals surface area contributed by atoms with Crippen LogP contribution in [0.15, 0.2) is 18.2 Å². The number of halogens is 2. The van der Waals surface area contributed by atoms with Gasteiger partial charge in [-0.3, -0.25) is 0 Å². The fraction of sp³-hybridized carbons (Fsp3) is 0.400. The van der Waals surface area contributed by atoms with E-state index in [9.17, 15) is 4.39 Å². The number of benzene rings is 1. The van der Waals surface area contributed by atoms with Gasteiger partial charge in [0.05, 0.1) is 0 Å². The second kappa shape index (κ2) is 5.44. The van der Waals surface area contributed by atoms with Crippen molar-refractivity contribution in [3.63, 3.8) is 0 Å². The molecule has 5 heteroatoms. The average molecular weight is 296 g/mol. The van der Waals surface area contributed by atoms with E-state index in [1.807, 2.05) is 32.3 Å². The highest BCUT2D eigenvalue weighted by molar-refractivity contribution is 6.30. The van der Waals surface area contributed by atoms with Gasteiger partial charge in [0.1, 0.15) is 23.2 Å². The van der Waals surface area contributed by atoms with Crippen molar-refractivity contribution in [1.82, 2.24) is 9.55 Å². The van der Waals surface area contributed by atoms with E-state index < -0.39 is 5.82 Å². The van der Waals surface area contributed by atoms with E-state index in [0.717, 1.165) is 5.82 Å². The Hall–Kier alpha value is -1.55. The summed E-state index contributed by atoms with van der Waals surface area (Å²) in [5.74, 6) is 1.16.